The van der Waals surface area contributed by atoms with Crippen LogP contribution in [0.15, 0.2) is 28.7 Å². The smallest absolute Gasteiger partial charge is 0.255 e. The molecule has 0 bridgehead atoms. The highest BCUT2D eigenvalue weighted by Crippen LogP contribution is 2.54. The number of ketones is 2. The lowest BCUT2D eigenvalue weighted by Gasteiger charge is -2.50. The number of benzene rings is 1. The number of nitrogens with two attached hydrogens (primary N) is 1. The largest absolute Gasteiger partial charge is 0.510 e. The molecule has 2 amide bonds. The Morgan fingerprint density at radius 1 is 1.16 bits per heavy atom. The predicted octanol–water partition coefficient (Wildman–Crippen LogP) is 1.000. The number of carbonyl (C=O) groups is 4. The van der Waals surface area contributed by atoms with Gasteiger partial charge in [0.1, 0.15) is 17.1 Å². The molecule has 0 aromatic heterocycles. The van der Waals surface area contributed by atoms with E-state index in [2.05, 4.69) is 10.2 Å². The van der Waals surface area contributed by atoms with Crippen LogP contribution in [0, 0.1) is 11.8 Å². The summed E-state index contributed by atoms with van der Waals surface area (Å²) in [5, 5.41) is 48.6. The van der Waals surface area contributed by atoms with Gasteiger partial charge in [0.25, 0.3) is 5.91 Å². The van der Waals surface area contributed by atoms with Crippen molar-refractivity contribution in [2.75, 3.05) is 51.5 Å². The predicted molar refractivity (Wildman–Crippen MR) is 162 cm³/mol. The molecule has 5 rings (SSSR count). The monoisotopic (exact) mass is 611 g/mol. The molecule has 1 aromatic carbocycles. The van der Waals surface area contributed by atoms with Gasteiger partial charge in [0.05, 0.1) is 23.3 Å². The van der Waals surface area contributed by atoms with E-state index in [4.69, 9.17) is 5.73 Å². The first-order valence-corrected chi connectivity index (χ1v) is 14.9. The molecular weight excluding hydrogens is 570 g/mol. The van der Waals surface area contributed by atoms with Crippen molar-refractivity contribution >= 4 is 34.8 Å². The number of phenolic OH excluding ortho intramolecular Hbond substituents is 1. The van der Waals surface area contributed by atoms with Crippen molar-refractivity contribution in [1.82, 2.24) is 9.80 Å². The lowest BCUT2D eigenvalue weighted by Crippen LogP contribution is -2.63. The average molecular weight is 612 g/mol. The van der Waals surface area contributed by atoms with E-state index in [0.29, 0.717) is 17.7 Å². The number of primary amides is 1. The number of carbonyl (C=O) groups excluding carboxylic acids is 4. The molecular formula is C31H41N5O8. The number of Topliss-reactive ketones (excluding diaryl/α,β-unsaturated/α-hetero) is 2. The van der Waals surface area contributed by atoms with E-state index in [1.54, 1.807) is 39.2 Å². The second kappa shape index (κ2) is 11.2. The quantitative estimate of drug-likeness (QED) is 0.190. The Balaban J connectivity index is 1.63. The summed E-state index contributed by atoms with van der Waals surface area (Å²) >= 11 is 0. The Bertz CT molecular complexity index is 1510. The minimum atomic E-state index is -2.72. The highest BCUT2D eigenvalue weighted by atomic mass is 16.3. The number of aliphatic hydroxyl groups is 3. The number of fused-ring (bicyclic) bond motifs is 3. The van der Waals surface area contributed by atoms with E-state index in [1.165, 1.54) is 4.90 Å². The topological polar surface area (TPSA) is 197 Å². The van der Waals surface area contributed by atoms with Crippen molar-refractivity contribution < 1.29 is 39.6 Å². The summed E-state index contributed by atoms with van der Waals surface area (Å²) in [5.74, 6) is -7.51. The van der Waals surface area contributed by atoms with Gasteiger partial charge in [-0.25, -0.2) is 0 Å². The van der Waals surface area contributed by atoms with Crippen LogP contribution in [0.1, 0.15) is 48.5 Å². The summed E-state index contributed by atoms with van der Waals surface area (Å²) in [6.45, 7) is 3.58. The molecule has 4 aliphatic rings. The number of rotatable bonds is 7. The first-order chi connectivity index (χ1) is 20.7. The fraction of sp³-hybridized carbons (Fsp3) is 0.548. The molecule has 1 aromatic rings. The molecule has 44 heavy (non-hydrogen) atoms. The zero-order chi connectivity index (χ0) is 32.4. The summed E-state index contributed by atoms with van der Waals surface area (Å²) < 4.78 is 0. The number of aliphatic hydroxyl groups excluding tert-OH is 2. The summed E-state index contributed by atoms with van der Waals surface area (Å²) in [4.78, 5) is 58.6. The number of aromatic hydroxyl groups is 1. The number of allylic oxidation sites excluding steroid dienone is 1. The van der Waals surface area contributed by atoms with Crippen LogP contribution in [0.3, 0.4) is 0 Å². The molecule has 0 radical (unpaired) electrons. The first-order valence-electron chi connectivity index (χ1n) is 14.9. The van der Waals surface area contributed by atoms with E-state index in [0.717, 1.165) is 25.9 Å². The van der Waals surface area contributed by atoms with Crippen LogP contribution in [0.4, 0.5) is 11.4 Å². The molecule has 13 heteroatoms. The minimum Gasteiger partial charge on any atom is -0.510 e. The average Bonchev–Trinajstić information content (AvgIpc) is 3.40. The van der Waals surface area contributed by atoms with E-state index in [9.17, 15) is 39.6 Å². The van der Waals surface area contributed by atoms with Crippen LogP contribution in [-0.2, 0) is 20.8 Å². The molecule has 7 N–H and O–H groups in total. The van der Waals surface area contributed by atoms with Crippen LogP contribution in [0.25, 0.3) is 0 Å². The van der Waals surface area contributed by atoms with E-state index >= 15 is 0 Å². The second-order valence-corrected chi connectivity index (χ2v) is 12.7. The van der Waals surface area contributed by atoms with E-state index in [-0.39, 0.29) is 41.6 Å². The van der Waals surface area contributed by atoms with E-state index < -0.39 is 63.8 Å². The number of hydrogen-bond donors (Lipinski definition) is 6. The van der Waals surface area contributed by atoms with Gasteiger partial charge in [-0.3, -0.25) is 29.0 Å². The fourth-order valence-electron chi connectivity index (χ4n) is 7.69. The molecule has 3 aliphatic carbocycles. The maximum Gasteiger partial charge on any atom is 0.255 e. The van der Waals surface area contributed by atoms with Gasteiger partial charge in [-0.05, 0) is 76.8 Å². The zero-order valence-corrected chi connectivity index (χ0v) is 25.7. The number of nitrogens with one attached hydrogen (secondary N) is 1. The Morgan fingerprint density at radius 3 is 2.43 bits per heavy atom. The maximum absolute atomic E-state index is 14.2. The number of phenols is 1. The van der Waals surface area contributed by atoms with Gasteiger partial charge in [0.2, 0.25) is 11.7 Å². The standard InChI is InChI=1S/C31H41N5O8/c1-6-9-36-10-7-8-18(36)30(43)33-17-13-19(34(2)3)15-11-14-12-16-23(35(4)5)26(39)22(29(32)42)28(41)31(16,44)27(40)20(14)25(38)21(15)24(17)37/h13-14,16,18,23,37,39-40,44H,6-12H2,1-5H3,(H2,32,42)(H,33,43)/t14-,16-,18-,23-,31-/m0/s1. The van der Waals surface area contributed by atoms with Crippen molar-refractivity contribution in [2.45, 2.75) is 56.7 Å². The molecule has 0 unspecified atom stereocenters. The molecule has 13 nitrogen and oxygen atoms in total. The molecule has 0 saturated carbocycles. The molecule has 5 atom stereocenters. The highest BCUT2D eigenvalue weighted by Gasteiger charge is 2.63. The van der Waals surface area contributed by atoms with Crippen LogP contribution >= 0.6 is 0 Å². The Kier molecular flexibility index (Phi) is 8.02. The fourth-order valence-corrected chi connectivity index (χ4v) is 7.69. The van der Waals surface area contributed by atoms with Gasteiger partial charge in [0.15, 0.2) is 17.1 Å². The number of amides is 2. The summed E-state index contributed by atoms with van der Waals surface area (Å²) in [5.41, 5.74) is 2.51. The minimum absolute atomic E-state index is 0.00712. The Morgan fingerprint density at radius 2 is 1.84 bits per heavy atom. The SMILES string of the molecule is CCCN1CCC[C@H]1C(=O)Nc1cc(N(C)C)c2c(c1O)C(=O)C1=C(O)[C@]3(O)C(=O)C(C(N)=O)=C(O)[C@@H](N(C)C)[C@@H]3C[C@@H]1C2. The second-order valence-electron chi connectivity index (χ2n) is 12.7. The summed E-state index contributed by atoms with van der Waals surface area (Å²) in [6.07, 6.45) is 2.56. The molecule has 1 heterocycles. The Labute approximate surface area is 255 Å². The van der Waals surface area contributed by atoms with Crippen LogP contribution in [0.2, 0.25) is 0 Å². The molecule has 1 saturated heterocycles. The number of likely N-dealkylation sites (tertiary alicyclic amines) is 1. The van der Waals surface area contributed by atoms with Crippen molar-refractivity contribution in [3.63, 3.8) is 0 Å². The van der Waals surface area contributed by atoms with Crippen LogP contribution in [-0.4, -0.2) is 113 Å². The third-order valence-electron chi connectivity index (χ3n) is 9.62. The third kappa shape index (κ3) is 4.56. The molecule has 238 valence electrons. The zero-order valence-electron chi connectivity index (χ0n) is 25.7. The normalized spacial score (nSPS) is 28.6. The number of nitrogens with zero attached hydrogens (tertiary/aromatic N) is 3. The molecule has 1 fully saturated rings. The van der Waals surface area contributed by atoms with Gasteiger partial charge >= 0.3 is 0 Å². The van der Waals surface area contributed by atoms with Crippen LogP contribution in [0.5, 0.6) is 5.75 Å². The lowest BCUT2D eigenvalue weighted by molar-refractivity contribution is -0.148. The number of hydrogen-bond acceptors (Lipinski definition) is 11. The van der Waals surface area contributed by atoms with Gasteiger partial charge < -0.3 is 36.4 Å². The van der Waals surface area contributed by atoms with Crippen molar-refractivity contribution in [2.24, 2.45) is 17.6 Å². The van der Waals surface area contributed by atoms with Gasteiger partial charge in [-0.15, -0.1) is 0 Å². The maximum atomic E-state index is 14.2. The van der Waals surface area contributed by atoms with Crippen molar-refractivity contribution in [3.05, 3.63) is 39.9 Å². The molecule has 1 aliphatic heterocycles. The number of anilines is 2. The third-order valence-corrected chi connectivity index (χ3v) is 9.62. The lowest BCUT2D eigenvalue weighted by atomic mass is 9.58. The Hall–Kier alpha value is -3.94. The summed E-state index contributed by atoms with van der Waals surface area (Å²) in [7, 11) is 6.69. The van der Waals surface area contributed by atoms with Gasteiger partial charge in [0, 0.05) is 31.3 Å². The first kappa shape index (κ1) is 31.5. The van der Waals surface area contributed by atoms with Gasteiger partial charge in [-0.1, -0.05) is 6.92 Å². The van der Waals surface area contributed by atoms with Crippen molar-refractivity contribution in [1.29, 1.82) is 0 Å². The highest BCUT2D eigenvalue weighted by molar-refractivity contribution is 6.25. The van der Waals surface area contributed by atoms with E-state index in [1.807, 2.05) is 6.92 Å². The number of likely N-dealkylation sites (N-methyl/N-ethyl adjacent to an activating group) is 1. The van der Waals surface area contributed by atoms with Crippen molar-refractivity contribution in [3.8, 4) is 5.75 Å². The summed E-state index contributed by atoms with van der Waals surface area (Å²) in [6, 6.07) is 0.171. The molecule has 0 spiro atoms. The van der Waals surface area contributed by atoms with Gasteiger partial charge in [-0.2, -0.15) is 0 Å². The van der Waals surface area contributed by atoms with Crippen LogP contribution < -0.4 is 16.0 Å².